The van der Waals surface area contributed by atoms with Gasteiger partial charge in [-0.25, -0.2) is 0 Å². The maximum Gasteiger partial charge on any atom is 0.0516 e. The maximum atomic E-state index is 5.96. The minimum atomic E-state index is 0.709. The van der Waals surface area contributed by atoms with E-state index in [4.69, 9.17) is 11.6 Å². The molecule has 0 bridgehead atoms. The van der Waals surface area contributed by atoms with Crippen LogP contribution in [0.2, 0.25) is 5.02 Å². The third kappa shape index (κ3) is 3.20. The van der Waals surface area contributed by atoms with Gasteiger partial charge in [0.2, 0.25) is 0 Å². The molecule has 2 rings (SSSR count). The highest BCUT2D eigenvalue weighted by atomic mass is 35.5. The van der Waals surface area contributed by atoms with Gasteiger partial charge in [-0.2, -0.15) is 0 Å². The largest absolute Gasteiger partial charge is 0.315 e. The molecule has 0 saturated carbocycles. The Morgan fingerprint density at radius 2 is 2.50 bits per heavy atom. The molecular weight excluding hydrogens is 240 g/mol. The monoisotopic (exact) mass is 258 g/mol. The van der Waals surface area contributed by atoms with E-state index in [2.05, 4.69) is 23.2 Å². The van der Waals surface area contributed by atoms with Crippen molar-refractivity contribution >= 4 is 22.9 Å². The first-order valence-corrected chi connectivity index (χ1v) is 7.23. The number of nitrogens with zero attached hydrogens (tertiary/aromatic N) is 1. The Balaban J connectivity index is 1.96. The first kappa shape index (κ1) is 12.4. The van der Waals surface area contributed by atoms with E-state index >= 15 is 0 Å². The normalized spacial score (nSPS) is 20.8. The van der Waals surface area contributed by atoms with Crippen molar-refractivity contribution in [3.8, 4) is 0 Å². The summed E-state index contributed by atoms with van der Waals surface area (Å²) in [5, 5.41) is 6.34. The highest BCUT2D eigenvalue weighted by Crippen LogP contribution is 2.22. The summed E-state index contributed by atoms with van der Waals surface area (Å²) in [6, 6.07) is 2.80. The van der Waals surface area contributed by atoms with E-state index in [9.17, 15) is 0 Å². The van der Waals surface area contributed by atoms with Gasteiger partial charge < -0.3 is 5.32 Å². The van der Waals surface area contributed by atoms with Gasteiger partial charge in [-0.3, -0.25) is 4.90 Å². The maximum absolute atomic E-state index is 5.96. The average molecular weight is 259 g/mol. The topological polar surface area (TPSA) is 15.3 Å². The van der Waals surface area contributed by atoms with Crippen LogP contribution < -0.4 is 5.32 Å². The molecule has 2 heterocycles. The van der Waals surface area contributed by atoms with Crippen LogP contribution in [0.15, 0.2) is 11.4 Å². The number of thiophene rings is 1. The van der Waals surface area contributed by atoms with Crippen molar-refractivity contribution in [2.45, 2.75) is 32.4 Å². The smallest absolute Gasteiger partial charge is 0.0516 e. The van der Waals surface area contributed by atoms with Crippen LogP contribution in [0.1, 0.15) is 24.6 Å². The first-order chi connectivity index (χ1) is 7.79. The van der Waals surface area contributed by atoms with Crippen molar-refractivity contribution in [1.82, 2.24) is 10.2 Å². The van der Waals surface area contributed by atoms with E-state index in [0.29, 0.717) is 6.04 Å². The second-order valence-electron chi connectivity index (χ2n) is 4.35. The summed E-state index contributed by atoms with van der Waals surface area (Å²) in [5.74, 6) is 0. The first-order valence-electron chi connectivity index (χ1n) is 5.97. The van der Waals surface area contributed by atoms with Gasteiger partial charge in [-0.1, -0.05) is 18.5 Å². The fraction of sp³-hybridized carbons (Fsp3) is 0.667. The summed E-state index contributed by atoms with van der Waals surface area (Å²) in [5.41, 5.74) is 0. The lowest BCUT2D eigenvalue weighted by atomic mass is 10.2. The Morgan fingerprint density at radius 1 is 1.62 bits per heavy atom. The Morgan fingerprint density at radius 3 is 3.06 bits per heavy atom. The van der Waals surface area contributed by atoms with Crippen molar-refractivity contribution in [3.05, 3.63) is 21.3 Å². The third-order valence-corrected chi connectivity index (χ3v) is 4.31. The number of hydrogen-bond acceptors (Lipinski definition) is 3. The molecule has 4 heteroatoms. The molecule has 1 N–H and O–H groups in total. The zero-order chi connectivity index (χ0) is 11.4. The fourth-order valence-corrected chi connectivity index (χ4v) is 3.36. The van der Waals surface area contributed by atoms with Crippen LogP contribution >= 0.6 is 22.9 Å². The highest BCUT2D eigenvalue weighted by Gasteiger charge is 2.21. The number of halogens is 1. The molecule has 0 aliphatic carbocycles. The minimum Gasteiger partial charge on any atom is -0.315 e. The van der Waals surface area contributed by atoms with Crippen molar-refractivity contribution in [1.29, 1.82) is 0 Å². The number of hydrogen-bond donors (Lipinski definition) is 1. The van der Waals surface area contributed by atoms with Crippen molar-refractivity contribution in [2.75, 3.05) is 19.6 Å². The summed E-state index contributed by atoms with van der Waals surface area (Å²) in [7, 11) is 0. The van der Waals surface area contributed by atoms with Gasteiger partial charge in [0.05, 0.1) is 5.02 Å². The molecule has 0 spiro atoms. The molecule has 0 aromatic carbocycles. The Kier molecular flexibility index (Phi) is 4.65. The Labute approximate surface area is 107 Å². The lowest BCUT2D eigenvalue weighted by Gasteiger charge is -2.27. The van der Waals surface area contributed by atoms with Crippen molar-refractivity contribution in [2.24, 2.45) is 0 Å². The molecule has 16 heavy (non-hydrogen) atoms. The predicted octanol–water partition coefficient (Wildman–Crippen LogP) is 2.98. The quantitative estimate of drug-likeness (QED) is 0.874. The molecule has 1 aliphatic rings. The Bertz CT molecular complexity index is 321. The van der Waals surface area contributed by atoms with Gasteiger partial charge in [-0.05, 0) is 32.0 Å². The summed E-state index contributed by atoms with van der Waals surface area (Å²) in [4.78, 5) is 3.97. The van der Waals surface area contributed by atoms with E-state index in [1.54, 1.807) is 11.3 Å². The molecule has 90 valence electrons. The molecule has 1 unspecified atom stereocenters. The lowest BCUT2D eigenvalue weighted by Crippen LogP contribution is -2.36. The van der Waals surface area contributed by atoms with Gasteiger partial charge >= 0.3 is 0 Å². The summed E-state index contributed by atoms with van der Waals surface area (Å²) >= 11 is 7.73. The van der Waals surface area contributed by atoms with Crippen LogP contribution in [0, 0.1) is 0 Å². The number of nitrogens with one attached hydrogen (secondary N) is 1. The highest BCUT2D eigenvalue weighted by molar-refractivity contribution is 7.10. The molecule has 1 atom stereocenters. The van der Waals surface area contributed by atoms with Gasteiger partial charge in [0.25, 0.3) is 0 Å². The molecule has 1 aromatic rings. The predicted molar refractivity (Wildman–Crippen MR) is 71.3 cm³/mol. The van der Waals surface area contributed by atoms with Crippen molar-refractivity contribution < 1.29 is 0 Å². The fourth-order valence-electron chi connectivity index (χ4n) is 2.27. The molecule has 1 aromatic heterocycles. The van der Waals surface area contributed by atoms with Crippen LogP contribution in [0.4, 0.5) is 0 Å². The van der Waals surface area contributed by atoms with E-state index in [1.807, 2.05) is 5.38 Å². The molecule has 1 aliphatic heterocycles. The van der Waals surface area contributed by atoms with E-state index in [-0.39, 0.29) is 0 Å². The minimum absolute atomic E-state index is 0.709. The average Bonchev–Trinajstić information content (AvgIpc) is 2.88. The van der Waals surface area contributed by atoms with Crippen LogP contribution in [0.25, 0.3) is 0 Å². The molecule has 2 nitrogen and oxygen atoms in total. The van der Waals surface area contributed by atoms with Gasteiger partial charge in [-0.15, -0.1) is 11.3 Å². The van der Waals surface area contributed by atoms with Crippen LogP contribution in [-0.4, -0.2) is 30.6 Å². The second kappa shape index (κ2) is 6.01. The molecule has 0 amide bonds. The third-order valence-electron chi connectivity index (χ3n) is 3.04. The zero-order valence-corrected chi connectivity index (χ0v) is 11.3. The molecular formula is C12H19ClN2S. The molecule has 1 fully saturated rings. The summed E-state index contributed by atoms with van der Waals surface area (Å²) in [6.07, 6.45) is 2.49. The SMILES string of the molecule is CCCN(Cc1cc(Cl)cs1)C1CCNC1. The number of rotatable bonds is 5. The van der Waals surface area contributed by atoms with Gasteiger partial charge in [0.15, 0.2) is 0 Å². The Hall–Kier alpha value is -0.0900. The van der Waals surface area contributed by atoms with Crippen LogP contribution in [0.5, 0.6) is 0 Å². The molecule has 0 radical (unpaired) electrons. The zero-order valence-electron chi connectivity index (χ0n) is 9.71. The van der Waals surface area contributed by atoms with E-state index in [1.165, 1.54) is 24.3 Å². The van der Waals surface area contributed by atoms with Gasteiger partial charge in [0, 0.05) is 29.4 Å². The van der Waals surface area contributed by atoms with Gasteiger partial charge in [0.1, 0.15) is 0 Å². The van der Waals surface area contributed by atoms with Crippen LogP contribution in [-0.2, 0) is 6.54 Å². The molecule has 1 saturated heterocycles. The summed E-state index contributed by atoms with van der Waals surface area (Å²) < 4.78 is 0. The lowest BCUT2D eigenvalue weighted by molar-refractivity contribution is 0.201. The van der Waals surface area contributed by atoms with E-state index in [0.717, 1.165) is 24.7 Å². The van der Waals surface area contributed by atoms with Crippen molar-refractivity contribution in [3.63, 3.8) is 0 Å². The standard InChI is InChI=1S/C12H19ClN2S/c1-2-5-15(11-3-4-14-7-11)8-12-6-10(13)9-16-12/h6,9,11,14H,2-5,7-8H2,1H3. The second-order valence-corrected chi connectivity index (χ2v) is 5.78. The van der Waals surface area contributed by atoms with Crippen LogP contribution in [0.3, 0.4) is 0 Å². The van der Waals surface area contributed by atoms with E-state index < -0.39 is 0 Å². The summed E-state index contributed by atoms with van der Waals surface area (Å²) in [6.45, 7) is 6.78.